The van der Waals surface area contributed by atoms with E-state index in [9.17, 15) is 18.0 Å². The highest BCUT2D eigenvalue weighted by atomic mass is 32.2. The van der Waals surface area contributed by atoms with Gasteiger partial charge in [0, 0.05) is 35.7 Å². The van der Waals surface area contributed by atoms with Gasteiger partial charge in [0.25, 0.3) is 5.91 Å². The van der Waals surface area contributed by atoms with E-state index in [0.29, 0.717) is 12.2 Å². The Labute approximate surface area is 158 Å². The van der Waals surface area contributed by atoms with Gasteiger partial charge in [-0.3, -0.25) is 9.59 Å². The van der Waals surface area contributed by atoms with Gasteiger partial charge in [-0.1, -0.05) is 6.07 Å². The topological polar surface area (TPSA) is 83.6 Å². The van der Waals surface area contributed by atoms with Crippen LogP contribution in [0.3, 0.4) is 0 Å². The fraction of sp³-hybridized carbons (Fsp3) is 0.300. The van der Waals surface area contributed by atoms with Crippen molar-refractivity contribution >= 4 is 33.0 Å². The monoisotopic (exact) mass is 384 g/mol. The maximum Gasteiger partial charge on any atom is 0.255 e. The molecule has 27 heavy (non-hydrogen) atoms. The van der Waals surface area contributed by atoms with Crippen LogP contribution in [0.1, 0.15) is 28.8 Å². The van der Waals surface area contributed by atoms with E-state index in [1.807, 2.05) is 17.0 Å². The van der Waals surface area contributed by atoms with Gasteiger partial charge in [0.15, 0.2) is 9.84 Å². The Kier molecular flexibility index (Phi) is 4.26. The minimum absolute atomic E-state index is 0.110. The lowest BCUT2D eigenvalue weighted by atomic mass is 10.1. The predicted molar refractivity (Wildman–Crippen MR) is 103 cm³/mol. The average Bonchev–Trinajstić information content (AvgIpc) is 3.40. The zero-order valence-electron chi connectivity index (χ0n) is 14.9. The van der Waals surface area contributed by atoms with Crippen molar-refractivity contribution in [2.45, 2.75) is 24.2 Å². The molecule has 0 unspecified atom stereocenters. The van der Waals surface area contributed by atoms with Crippen molar-refractivity contribution < 1.29 is 18.0 Å². The van der Waals surface area contributed by atoms with E-state index in [-0.39, 0.29) is 28.2 Å². The van der Waals surface area contributed by atoms with Crippen LogP contribution in [0.15, 0.2) is 47.4 Å². The normalized spacial score (nSPS) is 16.1. The SMILES string of the molecule is CS(=O)(=O)c1cccc(C(=O)Nc2ccc3c(c2)CCN3C(=O)C2CC2)c1. The van der Waals surface area contributed by atoms with Gasteiger partial charge in [-0.05, 0) is 61.2 Å². The molecule has 2 aromatic carbocycles. The van der Waals surface area contributed by atoms with E-state index in [2.05, 4.69) is 5.32 Å². The molecular formula is C20H20N2O4S. The van der Waals surface area contributed by atoms with E-state index in [1.54, 1.807) is 18.2 Å². The van der Waals surface area contributed by atoms with E-state index in [4.69, 9.17) is 0 Å². The van der Waals surface area contributed by atoms with Crippen molar-refractivity contribution in [3.63, 3.8) is 0 Å². The summed E-state index contributed by atoms with van der Waals surface area (Å²) in [5.41, 5.74) is 2.86. The number of amides is 2. The molecule has 1 aliphatic carbocycles. The number of carbonyl (C=O) groups is 2. The molecule has 1 N–H and O–H groups in total. The van der Waals surface area contributed by atoms with Crippen LogP contribution in [0.25, 0.3) is 0 Å². The Morgan fingerprint density at radius 2 is 1.89 bits per heavy atom. The van der Waals surface area contributed by atoms with Crippen molar-refractivity contribution in [1.82, 2.24) is 0 Å². The first kappa shape index (κ1) is 17.7. The van der Waals surface area contributed by atoms with Crippen molar-refractivity contribution in [1.29, 1.82) is 0 Å². The first-order valence-corrected chi connectivity index (χ1v) is 10.8. The van der Waals surface area contributed by atoms with Gasteiger partial charge in [-0.25, -0.2) is 8.42 Å². The summed E-state index contributed by atoms with van der Waals surface area (Å²) in [4.78, 5) is 26.8. The van der Waals surface area contributed by atoms with Gasteiger partial charge in [0.1, 0.15) is 0 Å². The van der Waals surface area contributed by atoms with Gasteiger partial charge in [-0.2, -0.15) is 0 Å². The molecule has 2 aromatic rings. The highest BCUT2D eigenvalue weighted by molar-refractivity contribution is 7.90. The molecule has 0 saturated heterocycles. The molecule has 0 bridgehead atoms. The van der Waals surface area contributed by atoms with Gasteiger partial charge in [0.2, 0.25) is 5.91 Å². The lowest BCUT2D eigenvalue weighted by molar-refractivity contribution is -0.119. The summed E-state index contributed by atoms with van der Waals surface area (Å²) in [5.74, 6) is 0.00457. The molecule has 1 fully saturated rings. The van der Waals surface area contributed by atoms with Crippen molar-refractivity contribution in [3.05, 3.63) is 53.6 Å². The average molecular weight is 384 g/mol. The first-order valence-electron chi connectivity index (χ1n) is 8.89. The van der Waals surface area contributed by atoms with Crippen LogP contribution in [0, 0.1) is 5.92 Å². The zero-order valence-corrected chi connectivity index (χ0v) is 15.8. The molecule has 4 rings (SSSR count). The Bertz CT molecular complexity index is 1040. The number of anilines is 2. The van der Waals surface area contributed by atoms with Crippen LogP contribution in [0.2, 0.25) is 0 Å². The Balaban J connectivity index is 1.52. The van der Waals surface area contributed by atoms with Gasteiger partial charge >= 0.3 is 0 Å². The smallest absolute Gasteiger partial charge is 0.255 e. The summed E-state index contributed by atoms with van der Waals surface area (Å²) in [6.45, 7) is 0.679. The van der Waals surface area contributed by atoms with Crippen LogP contribution in [-0.2, 0) is 21.1 Å². The third kappa shape index (κ3) is 3.60. The molecule has 7 heteroatoms. The standard InChI is InChI=1S/C20H20N2O4S/c1-27(25,26)17-4-2-3-15(12-17)19(23)21-16-7-8-18-14(11-16)9-10-22(18)20(24)13-5-6-13/h2-4,7-8,11-13H,5-6,9-10H2,1H3,(H,21,23). The van der Waals surface area contributed by atoms with E-state index in [0.717, 1.165) is 36.8 Å². The number of benzene rings is 2. The zero-order chi connectivity index (χ0) is 19.2. The van der Waals surface area contributed by atoms with Crippen LogP contribution >= 0.6 is 0 Å². The lowest BCUT2D eigenvalue weighted by Crippen LogP contribution is -2.30. The van der Waals surface area contributed by atoms with Gasteiger partial charge < -0.3 is 10.2 Å². The Hall–Kier alpha value is -2.67. The van der Waals surface area contributed by atoms with Gasteiger partial charge in [-0.15, -0.1) is 0 Å². The number of carbonyl (C=O) groups excluding carboxylic acids is 2. The highest BCUT2D eigenvalue weighted by Gasteiger charge is 2.36. The quantitative estimate of drug-likeness (QED) is 0.878. The maximum atomic E-state index is 12.5. The number of rotatable bonds is 4. The summed E-state index contributed by atoms with van der Waals surface area (Å²) >= 11 is 0. The molecule has 140 valence electrons. The molecular weight excluding hydrogens is 364 g/mol. The minimum Gasteiger partial charge on any atom is -0.322 e. The van der Waals surface area contributed by atoms with Gasteiger partial charge in [0.05, 0.1) is 4.90 Å². The summed E-state index contributed by atoms with van der Waals surface area (Å²) in [5, 5.41) is 2.81. The fourth-order valence-electron chi connectivity index (χ4n) is 3.33. The summed E-state index contributed by atoms with van der Waals surface area (Å²) in [6.07, 6.45) is 3.83. The van der Waals surface area contributed by atoms with E-state index < -0.39 is 9.84 Å². The predicted octanol–water partition coefficient (Wildman–Crippen LogP) is 2.64. The number of sulfone groups is 1. The molecule has 1 aliphatic heterocycles. The second kappa shape index (κ2) is 6.49. The Morgan fingerprint density at radius 3 is 2.59 bits per heavy atom. The molecule has 0 spiro atoms. The lowest BCUT2D eigenvalue weighted by Gasteiger charge is -2.17. The minimum atomic E-state index is -3.37. The number of hydrogen-bond acceptors (Lipinski definition) is 4. The molecule has 0 aromatic heterocycles. The third-order valence-corrected chi connectivity index (χ3v) is 6.06. The molecule has 6 nitrogen and oxygen atoms in total. The Morgan fingerprint density at radius 1 is 1.11 bits per heavy atom. The summed E-state index contributed by atoms with van der Waals surface area (Å²) in [7, 11) is -3.37. The largest absolute Gasteiger partial charge is 0.322 e. The molecule has 1 heterocycles. The van der Waals surface area contributed by atoms with Crippen LogP contribution in [0.4, 0.5) is 11.4 Å². The van der Waals surface area contributed by atoms with Crippen molar-refractivity contribution in [2.75, 3.05) is 23.0 Å². The molecule has 0 atom stereocenters. The highest BCUT2D eigenvalue weighted by Crippen LogP contribution is 2.37. The second-order valence-corrected chi connectivity index (χ2v) is 9.13. The van der Waals surface area contributed by atoms with Crippen LogP contribution in [0.5, 0.6) is 0 Å². The van der Waals surface area contributed by atoms with E-state index >= 15 is 0 Å². The molecule has 2 amide bonds. The number of nitrogens with zero attached hydrogens (tertiary/aromatic N) is 1. The molecule has 1 saturated carbocycles. The van der Waals surface area contributed by atoms with Crippen LogP contribution in [-0.4, -0.2) is 33.0 Å². The number of fused-ring (bicyclic) bond motifs is 1. The fourth-order valence-corrected chi connectivity index (χ4v) is 4.00. The number of nitrogens with one attached hydrogen (secondary N) is 1. The number of hydrogen-bond donors (Lipinski definition) is 1. The van der Waals surface area contributed by atoms with Crippen molar-refractivity contribution in [3.8, 4) is 0 Å². The molecule has 0 radical (unpaired) electrons. The summed E-state index contributed by atoms with van der Waals surface area (Å²) in [6, 6.07) is 11.5. The first-order chi connectivity index (χ1) is 12.8. The van der Waals surface area contributed by atoms with Crippen LogP contribution < -0.4 is 10.2 Å². The maximum absolute atomic E-state index is 12.5. The molecule has 2 aliphatic rings. The summed E-state index contributed by atoms with van der Waals surface area (Å²) < 4.78 is 23.3. The third-order valence-electron chi connectivity index (χ3n) is 4.95. The van der Waals surface area contributed by atoms with Crippen molar-refractivity contribution in [2.24, 2.45) is 5.92 Å². The second-order valence-electron chi connectivity index (χ2n) is 7.11. The van der Waals surface area contributed by atoms with E-state index in [1.165, 1.54) is 12.1 Å².